The SMILES string of the molecule is OCCN(c1cc(C(F)(F)F)nc(-c2cccnc2)n1)C1CC1. The molecule has 0 aliphatic heterocycles. The first-order chi connectivity index (χ1) is 11.0. The van der Waals surface area contributed by atoms with Crippen molar-refractivity contribution in [3.05, 3.63) is 36.3 Å². The Morgan fingerprint density at radius 1 is 1.26 bits per heavy atom. The summed E-state index contributed by atoms with van der Waals surface area (Å²) in [6.45, 7) is 0.0928. The summed E-state index contributed by atoms with van der Waals surface area (Å²) < 4.78 is 39.5. The number of alkyl halides is 3. The molecule has 0 aromatic carbocycles. The summed E-state index contributed by atoms with van der Waals surface area (Å²) in [5.74, 6) is 0.161. The molecule has 1 saturated carbocycles. The van der Waals surface area contributed by atoms with Crippen molar-refractivity contribution >= 4 is 5.82 Å². The molecule has 8 heteroatoms. The lowest BCUT2D eigenvalue weighted by atomic mass is 10.2. The number of aliphatic hydroxyl groups is 1. The van der Waals surface area contributed by atoms with Crippen molar-refractivity contribution in [2.75, 3.05) is 18.1 Å². The van der Waals surface area contributed by atoms with E-state index in [0.29, 0.717) is 5.56 Å². The molecule has 1 fully saturated rings. The van der Waals surface area contributed by atoms with Crippen LogP contribution < -0.4 is 4.90 Å². The van der Waals surface area contributed by atoms with Crippen LogP contribution in [0.25, 0.3) is 11.4 Å². The zero-order valence-corrected chi connectivity index (χ0v) is 12.2. The summed E-state index contributed by atoms with van der Waals surface area (Å²) in [7, 11) is 0. The van der Waals surface area contributed by atoms with Crippen molar-refractivity contribution in [2.24, 2.45) is 0 Å². The van der Waals surface area contributed by atoms with Gasteiger partial charge in [0.15, 0.2) is 11.5 Å². The summed E-state index contributed by atoms with van der Waals surface area (Å²) in [5.41, 5.74) is -0.579. The molecular formula is C15H15F3N4O. The molecule has 122 valence electrons. The minimum Gasteiger partial charge on any atom is -0.395 e. The second-order valence-electron chi connectivity index (χ2n) is 5.32. The molecule has 0 radical (unpaired) electrons. The van der Waals surface area contributed by atoms with Crippen LogP contribution in [-0.2, 0) is 6.18 Å². The van der Waals surface area contributed by atoms with Crippen molar-refractivity contribution in [3.8, 4) is 11.4 Å². The fraction of sp³-hybridized carbons (Fsp3) is 0.400. The predicted octanol–water partition coefficient (Wildman–Crippen LogP) is 2.52. The zero-order valence-electron chi connectivity index (χ0n) is 12.2. The van der Waals surface area contributed by atoms with Gasteiger partial charge in [0.25, 0.3) is 0 Å². The lowest BCUT2D eigenvalue weighted by Gasteiger charge is -2.23. The quantitative estimate of drug-likeness (QED) is 0.916. The molecule has 1 N–H and O–H groups in total. The second kappa shape index (κ2) is 6.11. The molecule has 0 spiro atoms. The molecule has 2 aromatic rings. The van der Waals surface area contributed by atoms with Crippen LogP contribution in [0.4, 0.5) is 19.0 Å². The van der Waals surface area contributed by atoms with E-state index in [4.69, 9.17) is 0 Å². The predicted molar refractivity (Wildman–Crippen MR) is 77.7 cm³/mol. The van der Waals surface area contributed by atoms with Gasteiger partial charge >= 0.3 is 6.18 Å². The molecule has 0 amide bonds. The van der Waals surface area contributed by atoms with E-state index in [9.17, 15) is 18.3 Å². The number of nitrogens with zero attached hydrogens (tertiary/aromatic N) is 4. The minimum absolute atomic E-state index is 0.0217. The number of hydrogen-bond acceptors (Lipinski definition) is 5. The third kappa shape index (κ3) is 3.58. The number of pyridine rings is 1. The molecule has 5 nitrogen and oxygen atoms in total. The molecular weight excluding hydrogens is 309 g/mol. The largest absolute Gasteiger partial charge is 0.433 e. The average molecular weight is 324 g/mol. The van der Waals surface area contributed by atoms with Gasteiger partial charge in [0.05, 0.1) is 6.61 Å². The first kappa shape index (κ1) is 15.7. The van der Waals surface area contributed by atoms with Gasteiger partial charge in [-0.3, -0.25) is 4.98 Å². The molecule has 2 heterocycles. The maximum atomic E-state index is 13.2. The van der Waals surface area contributed by atoms with Crippen molar-refractivity contribution in [1.29, 1.82) is 0 Å². The van der Waals surface area contributed by atoms with Gasteiger partial charge < -0.3 is 10.0 Å². The van der Waals surface area contributed by atoms with E-state index in [-0.39, 0.29) is 30.8 Å². The van der Waals surface area contributed by atoms with E-state index in [0.717, 1.165) is 18.9 Å². The third-order valence-corrected chi connectivity index (χ3v) is 3.55. The maximum Gasteiger partial charge on any atom is 0.433 e. The lowest BCUT2D eigenvalue weighted by Crippen LogP contribution is -2.30. The first-order valence-corrected chi connectivity index (χ1v) is 7.23. The first-order valence-electron chi connectivity index (χ1n) is 7.23. The maximum absolute atomic E-state index is 13.2. The molecule has 23 heavy (non-hydrogen) atoms. The van der Waals surface area contributed by atoms with E-state index in [1.807, 2.05) is 0 Å². The molecule has 1 aliphatic rings. The van der Waals surface area contributed by atoms with Crippen molar-refractivity contribution in [3.63, 3.8) is 0 Å². The summed E-state index contributed by atoms with van der Waals surface area (Å²) in [6, 6.07) is 4.29. The van der Waals surface area contributed by atoms with E-state index in [1.165, 1.54) is 12.4 Å². The molecule has 0 bridgehead atoms. The molecule has 0 unspecified atom stereocenters. The second-order valence-corrected chi connectivity index (χ2v) is 5.32. The highest BCUT2D eigenvalue weighted by Crippen LogP contribution is 2.35. The molecule has 1 aliphatic carbocycles. The van der Waals surface area contributed by atoms with Gasteiger partial charge in [0.2, 0.25) is 0 Å². The van der Waals surface area contributed by atoms with E-state index in [2.05, 4.69) is 15.0 Å². The number of anilines is 1. The standard InChI is InChI=1S/C15H15F3N4O/c16-15(17,18)12-8-13(22(6-7-23)11-3-4-11)21-14(20-12)10-2-1-5-19-9-10/h1-2,5,8-9,11,23H,3-4,6-7H2. The Morgan fingerprint density at radius 2 is 2.04 bits per heavy atom. The van der Waals surface area contributed by atoms with Crippen LogP contribution >= 0.6 is 0 Å². The lowest BCUT2D eigenvalue weighted by molar-refractivity contribution is -0.141. The van der Waals surface area contributed by atoms with Gasteiger partial charge in [-0.1, -0.05) is 0 Å². The Hall–Kier alpha value is -2.22. The highest BCUT2D eigenvalue weighted by atomic mass is 19.4. The van der Waals surface area contributed by atoms with Crippen LogP contribution in [0.3, 0.4) is 0 Å². The summed E-state index contributed by atoms with van der Waals surface area (Å²) in [4.78, 5) is 13.5. The number of aromatic nitrogens is 3. The van der Waals surface area contributed by atoms with Gasteiger partial charge in [0.1, 0.15) is 5.82 Å². The number of halogens is 3. The highest BCUT2D eigenvalue weighted by Gasteiger charge is 2.36. The van der Waals surface area contributed by atoms with Crippen LogP contribution in [0.5, 0.6) is 0 Å². The van der Waals surface area contributed by atoms with Crippen LogP contribution in [0, 0.1) is 0 Å². The Kier molecular flexibility index (Phi) is 4.16. The van der Waals surface area contributed by atoms with E-state index < -0.39 is 11.9 Å². The van der Waals surface area contributed by atoms with Gasteiger partial charge in [0, 0.05) is 36.6 Å². The highest BCUT2D eigenvalue weighted by molar-refractivity contribution is 5.57. The number of aliphatic hydroxyl groups excluding tert-OH is 1. The molecule has 0 atom stereocenters. The Labute approximate surface area is 130 Å². The topological polar surface area (TPSA) is 62.1 Å². The van der Waals surface area contributed by atoms with Crippen molar-refractivity contribution in [2.45, 2.75) is 25.1 Å². The Bertz CT molecular complexity index is 674. The summed E-state index contributed by atoms with van der Waals surface area (Å²) >= 11 is 0. The number of rotatable bonds is 5. The van der Waals surface area contributed by atoms with Crippen LogP contribution in [0.15, 0.2) is 30.6 Å². The monoisotopic (exact) mass is 324 g/mol. The molecule has 2 aromatic heterocycles. The minimum atomic E-state index is -4.57. The van der Waals surface area contributed by atoms with Crippen molar-refractivity contribution < 1.29 is 18.3 Å². The van der Waals surface area contributed by atoms with Crippen LogP contribution in [-0.4, -0.2) is 39.3 Å². The Morgan fingerprint density at radius 3 is 2.61 bits per heavy atom. The van der Waals surface area contributed by atoms with Crippen molar-refractivity contribution in [1.82, 2.24) is 15.0 Å². The van der Waals surface area contributed by atoms with E-state index in [1.54, 1.807) is 17.0 Å². The third-order valence-electron chi connectivity index (χ3n) is 3.55. The van der Waals surface area contributed by atoms with Gasteiger partial charge in [-0.2, -0.15) is 13.2 Å². The average Bonchev–Trinajstić information content (AvgIpc) is 3.37. The normalized spacial score (nSPS) is 14.8. The van der Waals surface area contributed by atoms with Gasteiger partial charge in [-0.05, 0) is 25.0 Å². The molecule has 3 rings (SSSR count). The fourth-order valence-corrected chi connectivity index (χ4v) is 2.33. The van der Waals surface area contributed by atoms with Crippen LogP contribution in [0.1, 0.15) is 18.5 Å². The van der Waals surface area contributed by atoms with Gasteiger partial charge in [-0.15, -0.1) is 0 Å². The summed E-state index contributed by atoms with van der Waals surface area (Å²) in [5, 5.41) is 9.17. The Balaban J connectivity index is 2.08. The van der Waals surface area contributed by atoms with Crippen LogP contribution in [0.2, 0.25) is 0 Å². The smallest absolute Gasteiger partial charge is 0.395 e. The van der Waals surface area contributed by atoms with Gasteiger partial charge in [-0.25, -0.2) is 9.97 Å². The fourth-order valence-electron chi connectivity index (χ4n) is 2.33. The summed E-state index contributed by atoms with van der Waals surface area (Å²) in [6.07, 6.45) is 0.150. The molecule has 0 saturated heterocycles. The number of hydrogen-bond donors (Lipinski definition) is 1. The zero-order chi connectivity index (χ0) is 16.4. The van der Waals surface area contributed by atoms with E-state index >= 15 is 0 Å².